The summed E-state index contributed by atoms with van der Waals surface area (Å²) in [4.78, 5) is 15.9. The lowest BCUT2D eigenvalue weighted by Gasteiger charge is -2.12. The van der Waals surface area contributed by atoms with Crippen LogP contribution in [0, 0.1) is 5.92 Å². The number of nitrogens with two attached hydrogens (primary N) is 1. The van der Waals surface area contributed by atoms with Gasteiger partial charge in [0.05, 0.1) is 0 Å². The van der Waals surface area contributed by atoms with Gasteiger partial charge in [-0.3, -0.25) is 9.79 Å². The van der Waals surface area contributed by atoms with E-state index in [0.717, 1.165) is 25.8 Å². The Morgan fingerprint density at radius 1 is 1.35 bits per heavy atom. The molecule has 4 N–H and O–H groups in total. The summed E-state index contributed by atoms with van der Waals surface area (Å²) < 4.78 is 0. The summed E-state index contributed by atoms with van der Waals surface area (Å²) in [6.45, 7) is 5.61. The monoisotopic (exact) mass is 396 g/mol. The summed E-state index contributed by atoms with van der Waals surface area (Å²) in [7, 11) is 0. The zero-order chi connectivity index (χ0) is 14.1. The van der Waals surface area contributed by atoms with Gasteiger partial charge in [0, 0.05) is 25.6 Å². The molecule has 0 aromatic heterocycles. The lowest BCUT2D eigenvalue weighted by Crippen LogP contribution is -2.37. The average Bonchev–Trinajstić information content (AvgIpc) is 2.81. The van der Waals surface area contributed by atoms with Gasteiger partial charge in [-0.25, -0.2) is 0 Å². The van der Waals surface area contributed by atoms with Crippen LogP contribution in [0.1, 0.15) is 52.4 Å². The van der Waals surface area contributed by atoms with E-state index in [1.807, 2.05) is 0 Å². The first-order valence-corrected chi connectivity index (χ1v) is 7.41. The number of rotatable bonds is 7. The van der Waals surface area contributed by atoms with Crippen molar-refractivity contribution in [2.24, 2.45) is 16.6 Å². The van der Waals surface area contributed by atoms with E-state index in [1.54, 1.807) is 0 Å². The molecule has 1 saturated carbocycles. The first-order chi connectivity index (χ1) is 9.08. The third kappa shape index (κ3) is 9.39. The van der Waals surface area contributed by atoms with Gasteiger partial charge in [0.2, 0.25) is 5.91 Å². The van der Waals surface area contributed by atoms with Crippen LogP contribution in [0.2, 0.25) is 0 Å². The van der Waals surface area contributed by atoms with Crippen LogP contribution in [0.5, 0.6) is 0 Å². The van der Waals surface area contributed by atoms with Crippen LogP contribution in [0.15, 0.2) is 4.99 Å². The van der Waals surface area contributed by atoms with Crippen molar-refractivity contribution in [1.82, 2.24) is 10.6 Å². The van der Waals surface area contributed by atoms with Crippen molar-refractivity contribution in [2.45, 2.75) is 58.4 Å². The van der Waals surface area contributed by atoms with Gasteiger partial charge in [-0.2, -0.15) is 0 Å². The van der Waals surface area contributed by atoms with Gasteiger partial charge >= 0.3 is 0 Å². The second kappa shape index (κ2) is 11.2. The van der Waals surface area contributed by atoms with Crippen molar-refractivity contribution in [3.05, 3.63) is 0 Å². The molecule has 1 aliphatic carbocycles. The summed E-state index contributed by atoms with van der Waals surface area (Å²) in [6, 6.07) is 0.393. The van der Waals surface area contributed by atoms with Gasteiger partial charge in [-0.15, -0.1) is 24.0 Å². The van der Waals surface area contributed by atoms with Gasteiger partial charge in [0.15, 0.2) is 5.96 Å². The average molecular weight is 396 g/mol. The molecule has 0 spiro atoms. The standard InChI is InChI=1S/C14H28N4O.HI/c1-11(2)7-9-16-14(15)17-10-8-13(19)18-12-5-3-4-6-12;/h11-12H,3-10H2,1-2H3,(H,18,19)(H3,15,16,17);1H. The summed E-state index contributed by atoms with van der Waals surface area (Å²) in [5, 5.41) is 6.03. The summed E-state index contributed by atoms with van der Waals surface area (Å²) in [5.41, 5.74) is 5.72. The van der Waals surface area contributed by atoms with Crippen molar-refractivity contribution < 1.29 is 4.79 Å². The number of guanidine groups is 1. The largest absolute Gasteiger partial charge is 0.370 e. The van der Waals surface area contributed by atoms with Crippen LogP contribution >= 0.6 is 24.0 Å². The molecular formula is C14H29IN4O. The Bertz CT molecular complexity index is 302. The van der Waals surface area contributed by atoms with Gasteiger partial charge in [0.1, 0.15) is 0 Å². The normalized spacial score (nSPS) is 16.1. The Morgan fingerprint density at radius 3 is 2.60 bits per heavy atom. The molecule has 5 nitrogen and oxygen atoms in total. The second-order valence-electron chi connectivity index (χ2n) is 5.68. The molecule has 20 heavy (non-hydrogen) atoms. The minimum Gasteiger partial charge on any atom is -0.370 e. The molecule has 0 heterocycles. The molecule has 0 radical (unpaired) electrons. The minimum absolute atomic E-state index is 0. The van der Waals surface area contributed by atoms with E-state index >= 15 is 0 Å². The number of nitrogens with zero attached hydrogens (tertiary/aromatic N) is 1. The summed E-state index contributed by atoms with van der Waals surface area (Å²) in [6.07, 6.45) is 6.20. The molecule has 0 bridgehead atoms. The van der Waals surface area contributed by atoms with Crippen molar-refractivity contribution in [2.75, 3.05) is 13.1 Å². The number of hydrogen-bond donors (Lipinski definition) is 3. The number of amides is 1. The molecule has 1 amide bonds. The molecule has 0 aromatic rings. The fourth-order valence-corrected chi connectivity index (χ4v) is 2.17. The molecule has 1 aliphatic rings. The SMILES string of the molecule is CC(C)CCN=C(N)NCCC(=O)NC1CCCC1.I. The number of nitrogens with one attached hydrogen (secondary N) is 2. The highest BCUT2D eigenvalue weighted by Crippen LogP contribution is 2.17. The van der Waals surface area contributed by atoms with Crippen LogP contribution in [0.4, 0.5) is 0 Å². The predicted octanol–water partition coefficient (Wildman–Crippen LogP) is 2.00. The highest BCUT2D eigenvalue weighted by atomic mass is 127. The quantitative estimate of drug-likeness (QED) is 0.350. The third-order valence-corrected chi connectivity index (χ3v) is 3.37. The molecule has 1 rings (SSSR count). The molecule has 118 valence electrons. The van der Waals surface area contributed by atoms with E-state index in [4.69, 9.17) is 5.73 Å². The van der Waals surface area contributed by atoms with Crippen LogP contribution < -0.4 is 16.4 Å². The van der Waals surface area contributed by atoms with Gasteiger partial charge in [-0.05, 0) is 25.2 Å². The second-order valence-corrected chi connectivity index (χ2v) is 5.68. The molecule has 0 aromatic carbocycles. The van der Waals surface area contributed by atoms with E-state index in [-0.39, 0.29) is 29.9 Å². The van der Waals surface area contributed by atoms with E-state index in [9.17, 15) is 4.79 Å². The Kier molecular flexibility index (Phi) is 10.9. The van der Waals surface area contributed by atoms with E-state index in [1.165, 1.54) is 12.8 Å². The summed E-state index contributed by atoms with van der Waals surface area (Å²) >= 11 is 0. The Labute approximate surface area is 139 Å². The fraction of sp³-hybridized carbons (Fsp3) is 0.857. The maximum atomic E-state index is 11.7. The highest BCUT2D eigenvalue weighted by Gasteiger charge is 2.16. The molecule has 0 aliphatic heterocycles. The maximum absolute atomic E-state index is 11.7. The van der Waals surface area contributed by atoms with E-state index in [2.05, 4.69) is 29.5 Å². The van der Waals surface area contributed by atoms with Crippen molar-refractivity contribution in [1.29, 1.82) is 0 Å². The number of carbonyl (C=O) groups excluding carboxylic acids is 1. The summed E-state index contributed by atoms with van der Waals surface area (Å²) in [5.74, 6) is 1.18. The van der Waals surface area contributed by atoms with Gasteiger partial charge < -0.3 is 16.4 Å². The fourth-order valence-electron chi connectivity index (χ4n) is 2.17. The Morgan fingerprint density at radius 2 is 2.00 bits per heavy atom. The van der Waals surface area contributed by atoms with E-state index < -0.39 is 0 Å². The Balaban J connectivity index is 0.00000361. The number of carbonyl (C=O) groups is 1. The van der Waals surface area contributed by atoms with E-state index in [0.29, 0.717) is 30.9 Å². The van der Waals surface area contributed by atoms with Gasteiger partial charge in [0.25, 0.3) is 0 Å². The lowest BCUT2D eigenvalue weighted by molar-refractivity contribution is -0.121. The number of aliphatic imine (C=N–C) groups is 1. The van der Waals surface area contributed by atoms with Crippen LogP contribution in [0.25, 0.3) is 0 Å². The zero-order valence-corrected chi connectivity index (χ0v) is 15.0. The van der Waals surface area contributed by atoms with Crippen molar-refractivity contribution >= 4 is 35.8 Å². The topological polar surface area (TPSA) is 79.5 Å². The zero-order valence-electron chi connectivity index (χ0n) is 12.7. The van der Waals surface area contributed by atoms with Crippen molar-refractivity contribution in [3.63, 3.8) is 0 Å². The third-order valence-electron chi connectivity index (χ3n) is 3.37. The minimum atomic E-state index is 0. The molecule has 0 saturated heterocycles. The number of hydrogen-bond acceptors (Lipinski definition) is 2. The first-order valence-electron chi connectivity index (χ1n) is 7.41. The van der Waals surface area contributed by atoms with Gasteiger partial charge in [-0.1, -0.05) is 26.7 Å². The molecule has 0 unspecified atom stereocenters. The van der Waals surface area contributed by atoms with Crippen LogP contribution in [0.3, 0.4) is 0 Å². The smallest absolute Gasteiger partial charge is 0.221 e. The lowest BCUT2D eigenvalue weighted by atomic mass is 10.1. The molecule has 6 heteroatoms. The predicted molar refractivity (Wildman–Crippen MR) is 94.4 cm³/mol. The van der Waals surface area contributed by atoms with Crippen LogP contribution in [-0.4, -0.2) is 31.0 Å². The highest BCUT2D eigenvalue weighted by molar-refractivity contribution is 14.0. The van der Waals surface area contributed by atoms with Crippen molar-refractivity contribution in [3.8, 4) is 0 Å². The molecular weight excluding hydrogens is 367 g/mol. The number of halogens is 1. The van der Waals surface area contributed by atoms with Crippen LogP contribution in [-0.2, 0) is 4.79 Å². The maximum Gasteiger partial charge on any atom is 0.221 e. The molecule has 1 fully saturated rings. The first kappa shape index (κ1) is 19.5. The Hall–Kier alpha value is -0.530. The molecule has 0 atom stereocenters.